The summed E-state index contributed by atoms with van der Waals surface area (Å²) in [5, 5.41) is 12.0. The molecule has 0 fully saturated rings. The van der Waals surface area contributed by atoms with Crippen LogP contribution in [-0.2, 0) is 0 Å². The topological polar surface area (TPSA) is 59.4 Å². The first-order valence-electron chi connectivity index (χ1n) is 5.68. The van der Waals surface area contributed by atoms with E-state index < -0.39 is 5.97 Å². The molecule has 0 unspecified atom stereocenters. The second-order valence-corrected chi connectivity index (χ2v) is 5.36. The molecular formula is C14H8ClNO3S. The molecule has 0 aliphatic carbocycles. The Morgan fingerprint density at radius 3 is 2.90 bits per heavy atom. The number of fused-ring (bicyclic) bond motifs is 1. The van der Waals surface area contributed by atoms with E-state index in [1.54, 1.807) is 17.5 Å². The number of aromatic nitrogens is 1. The maximum absolute atomic E-state index is 10.9. The fourth-order valence-corrected chi connectivity index (χ4v) is 2.76. The third-order valence-electron chi connectivity index (χ3n) is 2.73. The quantitative estimate of drug-likeness (QED) is 0.777. The van der Waals surface area contributed by atoms with Gasteiger partial charge in [0.1, 0.15) is 5.75 Å². The lowest BCUT2D eigenvalue weighted by molar-refractivity contribution is 0.0697. The number of hydrogen-bond donors (Lipinski definition) is 1. The van der Waals surface area contributed by atoms with Crippen LogP contribution in [-0.4, -0.2) is 16.1 Å². The van der Waals surface area contributed by atoms with Gasteiger partial charge in [0.05, 0.1) is 16.0 Å². The molecule has 0 saturated heterocycles. The molecule has 0 saturated carbocycles. The number of carboxylic acid groups (broad SMARTS) is 1. The van der Waals surface area contributed by atoms with Crippen molar-refractivity contribution in [3.63, 3.8) is 0 Å². The second-order valence-electron chi connectivity index (χ2n) is 4.00. The molecular weight excluding hydrogens is 298 g/mol. The first-order chi connectivity index (χ1) is 9.65. The number of rotatable bonds is 3. The Morgan fingerprint density at radius 1 is 1.30 bits per heavy atom. The Morgan fingerprint density at radius 2 is 2.15 bits per heavy atom. The monoisotopic (exact) mass is 305 g/mol. The van der Waals surface area contributed by atoms with Crippen molar-refractivity contribution in [2.75, 3.05) is 0 Å². The number of aromatic carboxylic acids is 1. The van der Waals surface area contributed by atoms with Crippen LogP contribution < -0.4 is 4.74 Å². The molecule has 3 rings (SSSR count). The molecule has 2 heterocycles. The molecule has 0 amide bonds. The molecule has 6 heteroatoms. The number of carboxylic acids is 1. The SMILES string of the molecule is O=C(O)c1ccc(Oc2nccc3sccc23)c(Cl)c1. The van der Waals surface area contributed by atoms with Crippen molar-refractivity contribution in [1.82, 2.24) is 4.98 Å². The van der Waals surface area contributed by atoms with Crippen LogP contribution in [0.2, 0.25) is 5.02 Å². The van der Waals surface area contributed by atoms with Crippen LogP contribution in [0.4, 0.5) is 0 Å². The summed E-state index contributed by atoms with van der Waals surface area (Å²) >= 11 is 7.63. The highest BCUT2D eigenvalue weighted by Gasteiger charge is 2.11. The normalized spacial score (nSPS) is 10.7. The van der Waals surface area contributed by atoms with Crippen LogP contribution in [0.1, 0.15) is 10.4 Å². The lowest BCUT2D eigenvalue weighted by Crippen LogP contribution is -1.96. The Labute approximate surface area is 123 Å². The molecule has 0 aliphatic rings. The van der Waals surface area contributed by atoms with Crippen LogP contribution in [0, 0.1) is 0 Å². The van der Waals surface area contributed by atoms with Crippen LogP contribution >= 0.6 is 22.9 Å². The summed E-state index contributed by atoms with van der Waals surface area (Å²) in [7, 11) is 0. The van der Waals surface area contributed by atoms with Crippen molar-refractivity contribution in [3.05, 3.63) is 52.5 Å². The van der Waals surface area contributed by atoms with Gasteiger partial charge in [0.25, 0.3) is 0 Å². The lowest BCUT2D eigenvalue weighted by atomic mass is 10.2. The number of thiophene rings is 1. The summed E-state index contributed by atoms with van der Waals surface area (Å²) < 4.78 is 6.75. The van der Waals surface area contributed by atoms with Crippen LogP contribution in [0.5, 0.6) is 11.6 Å². The van der Waals surface area contributed by atoms with Gasteiger partial charge in [-0.05, 0) is 35.7 Å². The summed E-state index contributed by atoms with van der Waals surface area (Å²) in [5.41, 5.74) is 0.115. The molecule has 0 spiro atoms. The molecule has 0 radical (unpaired) electrons. The summed E-state index contributed by atoms with van der Waals surface area (Å²) in [6.45, 7) is 0. The van der Waals surface area contributed by atoms with Crippen LogP contribution in [0.3, 0.4) is 0 Å². The number of halogens is 1. The van der Waals surface area contributed by atoms with Crippen molar-refractivity contribution in [3.8, 4) is 11.6 Å². The Balaban J connectivity index is 1.99. The molecule has 0 bridgehead atoms. The lowest BCUT2D eigenvalue weighted by Gasteiger charge is -2.08. The highest BCUT2D eigenvalue weighted by molar-refractivity contribution is 7.17. The Hall–Kier alpha value is -2.11. The third-order valence-corrected chi connectivity index (χ3v) is 3.91. The van der Waals surface area contributed by atoms with Gasteiger partial charge in [0, 0.05) is 10.9 Å². The molecule has 2 aromatic heterocycles. The first-order valence-corrected chi connectivity index (χ1v) is 6.94. The van der Waals surface area contributed by atoms with Gasteiger partial charge in [-0.2, -0.15) is 0 Å². The smallest absolute Gasteiger partial charge is 0.335 e. The van der Waals surface area contributed by atoms with Crippen molar-refractivity contribution in [2.24, 2.45) is 0 Å². The standard InChI is InChI=1S/C14H8ClNO3S/c15-10-7-8(14(17)18)1-2-11(10)19-13-9-4-6-20-12(9)3-5-16-13/h1-7H,(H,17,18). The zero-order chi connectivity index (χ0) is 14.1. The van der Waals surface area contributed by atoms with Gasteiger partial charge in [0.2, 0.25) is 5.88 Å². The van der Waals surface area contributed by atoms with Gasteiger partial charge in [0.15, 0.2) is 0 Å². The maximum atomic E-state index is 10.9. The van der Waals surface area contributed by atoms with Gasteiger partial charge in [-0.1, -0.05) is 11.6 Å². The molecule has 3 aromatic rings. The molecule has 100 valence electrons. The average molecular weight is 306 g/mol. The van der Waals surface area contributed by atoms with E-state index in [1.165, 1.54) is 18.2 Å². The van der Waals surface area contributed by atoms with Gasteiger partial charge in [-0.3, -0.25) is 0 Å². The predicted molar refractivity (Wildman–Crippen MR) is 78.1 cm³/mol. The minimum Gasteiger partial charge on any atom is -0.478 e. The minimum atomic E-state index is -1.03. The largest absolute Gasteiger partial charge is 0.478 e. The van der Waals surface area contributed by atoms with Gasteiger partial charge >= 0.3 is 5.97 Å². The van der Waals surface area contributed by atoms with E-state index in [0.29, 0.717) is 11.6 Å². The van der Waals surface area contributed by atoms with E-state index in [4.69, 9.17) is 21.4 Å². The highest BCUT2D eigenvalue weighted by Crippen LogP contribution is 2.34. The molecule has 4 nitrogen and oxygen atoms in total. The van der Waals surface area contributed by atoms with E-state index in [0.717, 1.165) is 10.1 Å². The molecule has 0 atom stereocenters. The number of pyridine rings is 1. The van der Waals surface area contributed by atoms with Crippen molar-refractivity contribution in [1.29, 1.82) is 0 Å². The van der Waals surface area contributed by atoms with Gasteiger partial charge in [-0.25, -0.2) is 9.78 Å². The van der Waals surface area contributed by atoms with Crippen molar-refractivity contribution < 1.29 is 14.6 Å². The highest BCUT2D eigenvalue weighted by atomic mass is 35.5. The van der Waals surface area contributed by atoms with Crippen molar-refractivity contribution in [2.45, 2.75) is 0 Å². The fraction of sp³-hybridized carbons (Fsp3) is 0. The summed E-state index contributed by atoms with van der Waals surface area (Å²) in [5.74, 6) is -0.201. The summed E-state index contributed by atoms with van der Waals surface area (Å²) in [6, 6.07) is 8.15. The number of hydrogen-bond acceptors (Lipinski definition) is 4. The zero-order valence-electron chi connectivity index (χ0n) is 10.0. The van der Waals surface area contributed by atoms with Crippen molar-refractivity contribution >= 4 is 39.0 Å². The summed E-state index contributed by atoms with van der Waals surface area (Å²) in [6.07, 6.45) is 1.66. The number of nitrogens with zero attached hydrogens (tertiary/aromatic N) is 1. The van der Waals surface area contributed by atoms with Gasteiger partial charge < -0.3 is 9.84 Å². The zero-order valence-corrected chi connectivity index (χ0v) is 11.6. The first kappa shape index (κ1) is 12.9. The van der Waals surface area contributed by atoms with E-state index >= 15 is 0 Å². The number of carbonyl (C=O) groups is 1. The molecule has 1 aromatic carbocycles. The summed E-state index contributed by atoms with van der Waals surface area (Å²) in [4.78, 5) is 15.0. The van der Waals surface area contributed by atoms with E-state index in [2.05, 4.69) is 4.98 Å². The van der Waals surface area contributed by atoms with Gasteiger partial charge in [-0.15, -0.1) is 11.3 Å². The molecule has 0 aliphatic heterocycles. The Bertz CT molecular complexity index is 800. The third kappa shape index (κ3) is 2.33. The maximum Gasteiger partial charge on any atom is 0.335 e. The predicted octanol–water partition coefficient (Wildman–Crippen LogP) is 4.44. The minimum absolute atomic E-state index is 0.115. The number of benzene rings is 1. The van der Waals surface area contributed by atoms with Crippen LogP contribution in [0.15, 0.2) is 41.9 Å². The van der Waals surface area contributed by atoms with Crippen LogP contribution in [0.25, 0.3) is 10.1 Å². The molecule has 20 heavy (non-hydrogen) atoms. The Kier molecular flexibility index (Phi) is 3.30. The van der Waals surface area contributed by atoms with E-state index in [9.17, 15) is 4.79 Å². The fourth-order valence-electron chi connectivity index (χ4n) is 1.77. The van der Waals surface area contributed by atoms with E-state index in [1.807, 2.05) is 17.5 Å². The average Bonchev–Trinajstić information content (AvgIpc) is 2.90. The van der Waals surface area contributed by atoms with E-state index in [-0.39, 0.29) is 10.6 Å². The number of ether oxygens (including phenoxy) is 1. The second kappa shape index (κ2) is 5.11. The molecule has 1 N–H and O–H groups in total.